The molecular formula is C67H114O6. The number of hydrogen-bond acceptors (Lipinski definition) is 6. The van der Waals surface area contributed by atoms with Gasteiger partial charge >= 0.3 is 17.9 Å². The summed E-state index contributed by atoms with van der Waals surface area (Å²) in [6.07, 6.45) is 81.1. The maximum atomic E-state index is 12.9. The van der Waals surface area contributed by atoms with E-state index in [4.69, 9.17) is 14.2 Å². The van der Waals surface area contributed by atoms with Crippen molar-refractivity contribution < 1.29 is 28.6 Å². The number of unbranched alkanes of at least 4 members (excludes halogenated alkanes) is 29. The Kier molecular flexibility index (Phi) is 57.8. The molecule has 0 rings (SSSR count). The minimum absolute atomic E-state index is 0.0989. The smallest absolute Gasteiger partial charge is 0.306 e. The molecule has 0 aliphatic carbocycles. The van der Waals surface area contributed by atoms with Crippen LogP contribution in [0.5, 0.6) is 0 Å². The molecule has 0 aromatic rings. The van der Waals surface area contributed by atoms with Gasteiger partial charge in [0.25, 0.3) is 0 Å². The lowest BCUT2D eigenvalue weighted by atomic mass is 10.1. The van der Waals surface area contributed by atoms with Crippen molar-refractivity contribution >= 4 is 17.9 Å². The van der Waals surface area contributed by atoms with Gasteiger partial charge in [0.1, 0.15) is 13.2 Å². The lowest BCUT2D eigenvalue weighted by Crippen LogP contribution is -2.30. The van der Waals surface area contributed by atoms with Crippen molar-refractivity contribution in [3.8, 4) is 0 Å². The third kappa shape index (κ3) is 59.1. The Balaban J connectivity index is 4.49. The Labute approximate surface area is 451 Å². The highest BCUT2D eigenvalue weighted by atomic mass is 16.6. The molecule has 1 unspecified atom stereocenters. The molecule has 0 N–H and O–H groups in total. The number of carbonyl (C=O) groups excluding carboxylic acids is 3. The number of esters is 3. The molecule has 6 heteroatoms. The summed E-state index contributed by atoms with van der Waals surface area (Å²) < 4.78 is 16.9. The predicted molar refractivity (Wildman–Crippen MR) is 316 cm³/mol. The third-order valence-electron chi connectivity index (χ3n) is 13.1. The molecule has 1 atom stereocenters. The summed E-state index contributed by atoms with van der Waals surface area (Å²) in [4.78, 5) is 38.3. The highest BCUT2D eigenvalue weighted by Crippen LogP contribution is 2.15. The van der Waals surface area contributed by atoms with Gasteiger partial charge in [-0.25, -0.2) is 0 Å². The van der Waals surface area contributed by atoms with Crippen molar-refractivity contribution in [2.45, 2.75) is 297 Å². The molecule has 73 heavy (non-hydrogen) atoms. The van der Waals surface area contributed by atoms with E-state index in [0.29, 0.717) is 19.3 Å². The fraction of sp³-hybridized carbons (Fsp3) is 0.716. The standard InChI is InChI=1S/C67H114O6/c1-4-7-10-13-16-19-22-25-28-31-34-37-39-42-45-48-51-54-57-60-66(69)72-63-64(73-67(70)61-58-55-52-49-46-43-40-36-33-30-27-24-21-18-15-12-9-6-3)62-71-65(68)59-56-53-50-47-44-41-38-35-32-29-26-23-20-17-14-11-8-5-2/h7,10,16,19,25,28,30,33-38,40,42,45,64H,4-6,8-9,11-15,17-18,20-24,26-27,29,31-32,39,41,43-44,46-63H2,1-3H3/b10-7-,19-16-,28-25-,33-30-,37-34-,38-35-,40-36-,45-42-. The average Bonchev–Trinajstić information content (AvgIpc) is 3.39. The lowest BCUT2D eigenvalue weighted by Gasteiger charge is -2.18. The summed E-state index contributed by atoms with van der Waals surface area (Å²) in [7, 11) is 0. The number of carbonyl (C=O) groups is 3. The first kappa shape index (κ1) is 69.3. The van der Waals surface area contributed by atoms with Crippen molar-refractivity contribution in [2.24, 2.45) is 0 Å². The van der Waals surface area contributed by atoms with Crippen LogP contribution in [0.15, 0.2) is 97.2 Å². The fourth-order valence-electron chi connectivity index (χ4n) is 8.46. The van der Waals surface area contributed by atoms with E-state index >= 15 is 0 Å². The second-order valence-electron chi connectivity index (χ2n) is 20.3. The average molecular weight is 1020 g/mol. The molecule has 0 heterocycles. The van der Waals surface area contributed by atoms with Gasteiger partial charge in [-0.15, -0.1) is 0 Å². The van der Waals surface area contributed by atoms with Crippen LogP contribution in [0.25, 0.3) is 0 Å². The van der Waals surface area contributed by atoms with Crippen LogP contribution in [0, 0.1) is 0 Å². The molecule has 6 nitrogen and oxygen atoms in total. The molecule has 0 aromatic heterocycles. The summed E-state index contributed by atoms with van der Waals surface area (Å²) in [6.45, 7) is 6.49. The molecule has 0 saturated carbocycles. The molecule has 0 aliphatic rings. The Morgan fingerprint density at radius 2 is 0.575 bits per heavy atom. The first-order valence-corrected chi connectivity index (χ1v) is 30.8. The molecule has 0 spiro atoms. The van der Waals surface area contributed by atoms with Crippen LogP contribution >= 0.6 is 0 Å². The highest BCUT2D eigenvalue weighted by Gasteiger charge is 2.19. The van der Waals surface area contributed by atoms with Crippen molar-refractivity contribution in [3.63, 3.8) is 0 Å². The van der Waals surface area contributed by atoms with E-state index in [1.807, 2.05) is 0 Å². The maximum Gasteiger partial charge on any atom is 0.306 e. The minimum Gasteiger partial charge on any atom is -0.462 e. The number of ether oxygens (including phenoxy) is 3. The normalized spacial score (nSPS) is 12.8. The van der Waals surface area contributed by atoms with E-state index in [2.05, 4.69) is 118 Å². The Hall–Kier alpha value is -3.67. The van der Waals surface area contributed by atoms with Gasteiger partial charge in [0, 0.05) is 19.3 Å². The van der Waals surface area contributed by atoms with Crippen LogP contribution in [-0.2, 0) is 28.6 Å². The van der Waals surface area contributed by atoms with Crippen LogP contribution < -0.4 is 0 Å². The Bertz CT molecular complexity index is 1440. The second-order valence-corrected chi connectivity index (χ2v) is 20.3. The van der Waals surface area contributed by atoms with Crippen LogP contribution in [-0.4, -0.2) is 37.2 Å². The number of allylic oxidation sites excluding steroid dienone is 16. The lowest BCUT2D eigenvalue weighted by molar-refractivity contribution is -0.167. The molecule has 0 saturated heterocycles. The van der Waals surface area contributed by atoms with E-state index in [0.717, 1.165) is 122 Å². The summed E-state index contributed by atoms with van der Waals surface area (Å²) in [5, 5.41) is 0. The van der Waals surface area contributed by atoms with Gasteiger partial charge in [-0.3, -0.25) is 14.4 Å². The number of rotatable bonds is 55. The molecule has 418 valence electrons. The van der Waals surface area contributed by atoms with Crippen LogP contribution in [0.1, 0.15) is 290 Å². The molecule has 0 aliphatic heterocycles. The Morgan fingerprint density at radius 1 is 0.301 bits per heavy atom. The first-order chi connectivity index (χ1) is 36.0. The van der Waals surface area contributed by atoms with E-state index < -0.39 is 6.10 Å². The molecular weight excluding hydrogens is 901 g/mol. The van der Waals surface area contributed by atoms with E-state index in [1.54, 1.807) is 0 Å². The minimum atomic E-state index is -0.805. The van der Waals surface area contributed by atoms with Gasteiger partial charge in [-0.05, 0) is 116 Å². The summed E-state index contributed by atoms with van der Waals surface area (Å²) in [6, 6.07) is 0. The SMILES string of the molecule is CC/C=C\C/C=C\C/C=C\C/C=C\C/C=C\CCCCCC(=O)OCC(COC(=O)CCCCCCC/C=C\CCCCCCCCCCC)OC(=O)CCCCCCC/C=C\C=C/CCCCCCCCC. The van der Waals surface area contributed by atoms with E-state index in [1.165, 1.54) is 128 Å². The van der Waals surface area contributed by atoms with Crippen molar-refractivity contribution in [1.82, 2.24) is 0 Å². The highest BCUT2D eigenvalue weighted by molar-refractivity contribution is 5.71. The Morgan fingerprint density at radius 3 is 0.945 bits per heavy atom. The molecule has 0 aromatic carbocycles. The van der Waals surface area contributed by atoms with Gasteiger partial charge in [0.15, 0.2) is 6.10 Å². The summed E-state index contributed by atoms with van der Waals surface area (Å²) >= 11 is 0. The van der Waals surface area contributed by atoms with Gasteiger partial charge in [0.2, 0.25) is 0 Å². The van der Waals surface area contributed by atoms with Crippen molar-refractivity contribution in [3.05, 3.63) is 97.2 Å². The zero-order valence-electron chi connectivity index (χ0n) is 47.9. The van der Waals surface area contributed by atoms with Crippen LogP contribution in [0.2, 0.25) is 0 Å². The van der Waals surface area contributed by atoms with Crippen molar-refractivity contribution in [2.75, 3.05) is 13.2 Å². The maximum absolute atomic E-state index is 12.9. The largest absolute Gasteiger partial charge is 0.462 e. The molecule has 0 fully saturated rings. The zero-order chi connectivity index (χ0) is 52.9. The topological polar surface area (TPSA) is 78.9 Å². The van der Waals surface area contributed by atoms with Gasteiger partial charge < -0.3 is 14.2 Å². The first-order valence-electron chi connectivity index (χ1n) is 30.8. The fourth-order valence-corrected chi connectivity index (χ4v) is 8.46. The predicted octanol–water partition coefficient (Wildman–Crippen LogP) is 20.9. The van der Waals surface area contributed by atoms with E-state index in [9.17, 15) is 14.4 Å². The summed E-state index contributed by atoms with van der Waals surface area (Å²) in [5.74, 6) is -0.948. The van der Waals surface area contributed by atoms with Crippen molar-refractivity contribution in [1.29, 1.82) is 0 Å². The van der Waals surface area contributed by atoms with Crippen LogP contribution in [0.4, 0.5) is 0 Å². The molecule has 0 bridgehead atoms. The molecule has 0 radical (unpaired) electrons. The number of hydrogen-bond donors (Lipinski definition) is 0. The zero-order valence-corrected chi connectivity index (χ0v) is 47.9. The summed E-state index contributed by atoms with van der Waals surface area (Å²) in [5.41, 5.74) is 0. The molecule has 0 amide bonds. The quantitative estimate of drug-likeness (QED) is 0.0199. The van der Waals surface area contributed by atoms with Gasteiger partial charge in [-0.1, -0.05) is 253 Å². The monoisotopic (exact) mass is 1010 g/mol. The van der Waals surface area contributed by atoms with E-state index in [-0.39, 0.29) is 31.1 Å². The van der Waals surface area contributed by atoms with Gasteiger partial charge in [0.05, 0.1) is 0 Å². The van der Waals surface area contributed by atoms with Gasteiger partial charge in [-0.2, -0.15) is 0 Å². The second kappa shape index (κ2) is 60.9. The third-order valence-corrected chi connectivity index (χ3v) is 13.1. The van der Waals surface area contributed by atoms with Crippen LogP contribution in [0.3, 0.4) is 0 Å².